The van der Waals surface area contributed by atoms with Gasteiger partial charge < -0.3 is 15.7 Å². The second kappa shape index (κ2) is 5.81. The Kier molecular flexibility index (Phi) is 4.30. The number of rotatable bonds is 4. The van der Waals surface area contributed by atoms with Crippen LogP contribution in [0.3, 0.4) is 0 Å². The minimum Gasteiger partial charge on any atom is -0.481 e. The summed E-state index contributed by atoms with van der Waals surface area (Å²) in [4.78, 5) is 36.8. The van der Waals surface area contributed by atoms with Gasteiger partial charge in [0, 0.05) is 6.54 Å². The van der Waals surface area contributed by atoms with E-state index in [4.69, 9.17) is 5.73 Å². The third-order valence-electron chi connectivity index (χ3n) is 4.74. The molecule has 6 nitrogen and oxygen atoms in total. The molecule has 112 valence electrons. The van der Waals surface area contributed by atoms with Crippen molar-refractivity contribution < 1.29 is 19.5 Å². The van der Waals surface area contributed by atoms with Gasteiger partial charge in [-0.1, -0.05) is 13.3 Å². The van der Waals surface area contributed by atoms with Gasteiger partial charge in [0.25, 0.3) is 0 Å². The van der Waals surface area contributed by atoms with Crippen LogP contribution in [-0.4, -0.2) is 40.4 Å². The Morgan fingerprint density at radius 3 is 2.45 bits per heavy atom. The Bertz CT molecular complexity index is 423. The maximum atomic E-state index is 12.6. The molecule has 2 rings (SSSR count). The summed E-state index contributed by atoms with van der Waals surface area (Å²) in [7, 11) is 0. The van der Waals surface area contributed by atoms with Crippen LogP contribution in [0.2, 0.25) is 0 Å². The van der Waals surface area contributed by atoms with Crippen LogP contribution in [0.4, 0.5) is 0 Å². The molecule has 0 aromatic carbocycles. The highest BCUT2D eigenvalue weighted by molar-refractivity contribution is 5.90. The minimum absolute atomic E-state index is 0.199. The average molecular weight is 282 g/mol. The van der Waals surface area contributed by atoms with E-state index >= 15 is 0 Å². The normalized spacial score (nSPS) is 33.4. The van der Waals surface area contributed by atoms with Gasteiger partial charge in [-0.3, -0.25) is 14.4 Å². The maximum Gasteiger partial charge on any atom is 0.307 e. The van der Waals surface area contributed by atoms with Crippen molar-refractivity contribution in [2.24, 2.45) is 23.5 Å². The highest BCUT2D eigenvalue weighted by atomic mass is 16.4. The second-order valence-electron chi connectivity index (χ2n) is 5.89. The van der Waals surface area contributed by atoms with Crippen LogP contribution in [0.15, 0.2) is 0 Å². The van der Waals surface area contributed by atoms with Crippen LogP contribution in [0.25, 0.3) is 0 Å². The number of carboxylic acid groups (broad SMARTS) is 1. The summed E-state index contributed by atoms with van der Waals surface area (Å²) in [6.07, 6.45) is 3.38. The largest absolute Gasteiger partial charge is 0.481 e. The van der Waals surface area contributed by atoms with Gasteiger partial charge in [-0.25, -0.2) is 0 Å². The van der Waals surface area contributed by atoms with Gasteiger partial charge in [0.05, 0.1) is 11.8 Å². The van der Waals surface area contributed by atoms with Gasteiger partial charge in [-0.15, -0.1) is 0 Å². The fourth-order valence-corrected chi connectivity index (χ4v) is 3.56. The van der Waals surface area contributed by atoms with Gasteiger partial charge in [0.15, 0.2) is 0 Å². The van der Waals surface area contributed by atoms with E-state index < -0.39 is 29.8 Å². The fourth-order valence-electron chi connectivity index (χ4n) is 3.56. The lowest BCUT2D eigenvalue weighted by atomic mass is 9.94. The topological polar surface area (TPSA) is 101 Å². The highest BCUT2D eigenvalue weighted by Gasteiger charge is 2.46. The Balaban J connectivity index is 2.14. The monoisotopic (exact) mass is 282 g/mol. The lowest BCUT2D eigenvalue weighted by molar-refractivity contribution is -0.150. The zero-order chi connectivity index (χ0) is 14.9. The first-order valence-electron chi connectivity index (χ1n) is 7.28. The summed E-state index contributed by atoms with van der Waals surface area (Å²) >= 11 is 0. The maximum absolute atomic E-state index is 12.6. The molecule has 4 atom stereocenters. The Labute approximate surface area is 118 Å². The number of aliphatic carboxylic acids is 1. The third-order valence-corrected chi connectivity index (χ3v) is 4.74. The Morgan fingerprint density at radius 2 is 1.90 bits per heavy atom. The average Bonchev–Trinajstić information content (AvgIpc) is 3.04. The van der Waals surface area contributed by atoms with Crippen LogP contribution >= 0.6 is 0 Å². The van der Waals surface area contributed by atoms with Crippen molar-refractivity contribution >= 4 is 17.8 Å². The Hall–Kier alpha value is -1.59. The van der Waals surface area contributed by atoms with E-state index in [9.17, 15) is 19.5 Å². The van der Waals surface area contributed by atoms with Crippen molar-refractivity contribution in [1.29, 1.82) is 0 Å². The van der Waals surface area contributed by atoms with Crippen molar-refractivity contribution in [3.05, 3.63) is 0 Å². The van der Waals surface area contributed by atoms with Crippen molar-refractivity contribution in [2.75, 3.05) is 6.54 Å². The molecule has 0 spiro atoms. The number of hydrogen-bond acceptors (Lipinski definition) is 3. The lowest BCUT2D eigenvalue weighted by Crippen LogP contribution is -2.47. The molecule has 1 heterocycles. The smallest absolute Gasteiger partial charge is 0.307 e. The lowest BCUT2D eigenvalue weighted by Gasteiger charge is -2.27. The first kappa shape index (κ1) is 14.8. The van der Waals surface area contributed by atoms with E-state index in [2.05, 4.69) is 0 Å². The van der Waals surface area contributed by atoms with Crippen LogP contribution in [-0.2, 0) is 14.4 Å². The van der Waals surface area contributed by atoms with Crippen molar-refractivity contribution in [1.82, 2.24) is 4.90 Å². The summed E-state index contributed by atoms with van der Waals surface area (Å²) in [5.41, 5.74) is 5.32. The van der Waals surface area contributed by atoms with E-state index in [1.165, 1.54) is 4.90 Å². The number of hydrogen-bond donors (Lipinski definition) is 2. The number of likely N-dealkylation sites (tertiary alicyclic amines) is 1. The third kappa shape index (κ3) is 2.64. The number of carboxylic acids is 1. The Morgan fingerprint density at radius 1 is 1.25 bits per heavy atom. The molecular formula is C14H22N2O4. The van der Waals surface area contributed by atoms with Gasteiger partial charge in [-0.05, 0) is 31.6 Å². The van der Waals surface area contributed by atoms with Gasteiger partial charge in [0.2, 0.25) is 11.8 Å². The minimum atomic E-state index is -0.908. The molecule has 0 bridgehead atoms. The predicted octanol–water partition coefficient (Wildman–Crippen LogP) is 0.600. The van der Waals surface area contributed by atoms with E-state index in [1.54, 1.807) is 0 Å². The molecule has 0 aromatic heterocycles. The second-order valence-corrected chi connectivity index (χ2v) is 5.89. The molecule has 1 aliphatic carbocycles. The molecule has 0 aromatic rings. The molecule has 1 saturated carbocycles. The number of nitrogens with zero attached hydrogens (tertiary/aromatic N) is 1. The molecule has 2 fully saturated rings. The van der Waals surface area contributed by atoms with Gasteiger partial charge >= 0.3 is 5.97 Å². The SMILES string of the molecule is CCC1CC(C(=O)O)C(C(=O)N2CCCC2C(N)=O)C1. The molecule has 6 heteroatoms. The van der Waals surface area contributed by atoms with Gasteiger partial charge in [-0.2, -0.15) is 0 Å². The summed E-state index contributed by atoms with van der Waals surface area (Å²) in [5.74, 6) is -2.45. The van der Waals surface area contributed by atoms with Crippen molar-refractivity contribution in [2.45, 2.75) is 45.1 Å². The molecule has 2 aliphatic rings. The zero-order valence-corrected chi connectivity index (χ0v) is 11.7. The van der Waals surface area contributed by atoms with E-state index in [0.717, 1.165) is 12.8 Å². The number of amides is 2. The van der Waals surface area contributed by atoms with Crippen LogP contribution < -0.4 is 5.73 Å². The molecule has 2 amide bonds. The van der Waals surface area contributed by atoms with Gasteiger partial charge in [0.1, 0.15) is 6.04 Å². The first-order valence-corrected chi connectivity index (χ1v) is 7.28. The predicted molar refractivity (Wildman–Crippen MR) is 71.6 cm³/mol. The van der Waals surface area contributed by atoms with E-state index in [1.807, 2.05) is 6.92 Å². The van der Waals surface area contributed by atoms with Crippen LogP contribution in [0.5, 0.6) is 0 Å². The van der Waals surface area contributed by atoms with Crippen LogP contribution in [0, 0.1) is 17.8 Å². The van der Waals surface area contributed by atoms with Crippen molar-refractivity contribution in [3.8, 4) is 0 Å². The molecule has 0 radical (unpaired) electrons. The quantitative estimate of drug-likeness (QED) is 0.788. The number of carbonyl (C=O) groups is 3. The molecule has 1 aliphatic heterocycles. The van der Waals surface area contributed by atoms with E-state index in [-0.39, 0.29) is 11.8 Å². The molecular weight excluding hydrogens is 260 g/mol. The number of primary amides is 1. The highest BCUT2D eigenvalue weighted by Crippen LogP contribution is 2.40. The zero-order valence-electron chi connectivity index (χ0n) is 11.7. The first-order chi connectivity index (χ1) is 9.45. The molecule has 3 N–H and O–H groups in total. The fraction of sp³-hybridized carbons (Fsp3) is 0.786. The van der Waals surface area contributed by atoms with Crippen molar-refractivity contribution in [3.63, 3.8) is 0 Å². The standard InChI is InChI=1S/C14H22N2O4/c1-2-8-6-9(10(7-8)14(19)20)13(18)16-5-3-4-11(16)12(15)17/h8-11H,2-7H2,1H3,(H2,15,17)(H,19,20). The molecule has 20 heavy (non-hydrogen) atoms. The number of carbonyl (C=O) groups excluding carboxylic acids is 2. The summed E-state index contributed by atoms with van der Waals surface area (Å²) in [5, 5.41) is 9.30. The molecule has 4 unspecified atom stereocenters. The van der Waals surface area contributed by atoms with Crippen LogP contribution in [0.1, 0.15) is 39.0 Å². The number of nitrogens with two attached hydrogens (primary N) is 1. The summed E-state index contributed by atoms with van der Waals surface area (Å²) < 4.78 is 0. The molecule has 1 saturated heterocycles. The van der Waals surface area contributed by atoms with E-state index in [0.29, 0.717) is 25.8 Å². The summed E-state index contributed by atoms with van der Waals surface area (Å²) in [6, 6.07) is -0.558. The summed E-state index contributed by atoms with van der Waals surface area (Å²) in [6.45, 7) is 2.52.